The molecule has 5 nitrogen and oxygen atoms in total. The van der Waals surface area contributed by atoms with Crippen LogP contribution in [0, 0.1) is 23.3 Å². The van der Waals surface area contributed by atoms with Crippen molar-refractivity contribution in [2.75, 3.05) is 14.2 Å². The van der Waals surface area contributed by atoms with Crippen LogP contribution < -0.4 is 10.1 Å². The third-order valence-corrected chi connectivity index (χ3v) is 4.17. The van der Waals surface area contributed by atoms with Crippen LogP contribution in [0.1, 0.15) is 11.4 Å². The summed E-state index contributed by atoms with van der Waals surface area (Å²) in [6.45, 7) is 0.457. The maximum Gasteiger partial charge on any atom is 0.204 e. The zero-order chi connectivity index (χ0) is 17.1. The molecule has 126 valence electrons. The Morgan fingerprint density at radius 2 is 1.70 bits per heavy atom. The van der Waals surface area contributed by atoms with Crippen LogP contribution in [0.2, 0.25) is 0 Å². The van der Waals surface area contributed by atoms with Crippen LogP contribution in [-0.4, -0.2) is 28.9 Å². The van der Waals surface area contributed by atoms with Crippen molar-refractivity contribution in [2.45, 2.75) is 17.5 Å². The first-order chi connectivity index (χ1) is 10.9. The Morgan fingerprint density at radius 1 is 1.09 bits per heavy atom. The standard InChI is InChI=1S/C13H14F4N4OS/c1-18-4-7-19-20-13(21(7)2)23-5-6-8(14)10(16)12(22-3)11(17)9(6)15/h18H,4-5H2,1-3H3. The summed E-state index contributed by atoms with van der Waals surface area (Å²) in [6.07, 6.45) is 0. The number of nitrogens with zero attached hydrogens (tertiary/aromatic N) is 3. The van der Waals surface area contributed by atoms with E-state index in [1.165, 1.54) is 0 Å². The SMILES string of the molecule is CNCc1nnc(SCc2c(F)c(F)c(OC)c(F)c2F)n1C. The first-order valence-electron chi connectivity index (χ1n) is 6.46. The van der Waals surface area contributed by atoms with Gasteiger partial charge in [0, 0.05) is 18.4 Å². The predicted octanol–water partition coefficient (Wildman–Crippen LogP) is 2.39. The highest BCUT2D eigenvalue weighted by Gasteiger charge is 2.26. The summed E-state index contributed by atoms with van der Waals surface area (Å²) in [6, 6.07) is 0. The second kappa shape index (κ2) is 7.18. The molecule has 1 N–H and O–H groups in total. The average molecular weight is 350 g/mol. The van der Waals surface area contributed by atoms with Gasteiger partial charge in [-0.15, -0.1) is 10.2 Å². The van der Waals surface area contributed by atoms with Gasteiger partial charge in [0.2, 0.25) is 11.6 Å². The molecule has 0 fully saturated rings. The fourth-order valence-corrected chi connectivity index (χ4v) is 2.81. The number of benzene rings is 1. The molecule has 2 aromatic rings. The Bertz CT molecular complexity index is 693. The summed E-state index contributed by atoms with van der Waals surface area (Å²) >= 11 is 0.913. The van der Waals surface area contributed by atoms with E-state index in [0.717, 1.165) is 18.9 Å². The fraction of sp³-hybridized carbons (Fsp3) is 0.385. The topological polar surface area (TPSA) is 52.0 Å². The van der Waals surface area contributed by atoms with Gasteiger partial charge in [0.1, 0.15) is 5.82 Å². The molecular formula is C13H14F4N4OS. The van der Waals surface area contributed by atoms with Crippen LogP contribution in [0.25, 0.3) is 0 Å². The molecular weight excluding hydrogens is 336 g/mol. The van der Waals surface area contributed by atoms with Crippen LogP contribution >= 0.6 is 11.8 Å². The number of hydrogen-bond donors (Lipinski definition) is 1. The van der Waals surface area contributed by atoms with Gasteiger partial charge in [-0.2, -0.15) is 8.78 Å². The van der Waals surface area contributed by atoms with Crippen LogP contribution in [-0.2, 0) is 19.3 Å². The monoisotopic (exact) mass is 350 g/mol. The van der Waals surface area contributed by atoms with E-state index in [1.54, 1.807) is 18.7 Å². The highest BCUT2D eigenvalue weighted by molar-refractivity contribution is 7.98. The summed E-state index contributed by atoms with van der Waals surface area (Å²) in [7, 11) is 4.34. The van der Waals surface area contributed by atoms with Gasteiger partial charge in [-0.25, -0.2) is 8.78 Å². The van der Waals surface area contributed by atoms with Gasteiger partial charge < -0.3 is 14.6 Å². The molecule has 1 heterocycles. The molecule has 0 radical (unpaired) electrons. The van der Waals surface area contributed by atoms with E-state index in [0.29, 0.717) is 17.5 Å². The van der Waals surface area contributed by atoms with E-state index < -0.39 is 34.6 Å². The van der Waals surface area contributed by atoms with Crippen molar-refractivity contribution < 1.29 is 22.3 Å². The molecule has 0 amide bonds. The van der Waals surface area contributed by atoms with Crippen molar-refractivity contribution in [2.24, 2.45) is 7.05 Å². The third-order valence-electron chi connectivity index (χ3n) is 3.12. The Balaban J connectivity index is 2.28. The molecule has 2 rings (SSSR count). The van der Waals surface area contributed by atoms with Crippen LogP contribution in [0.15, 0.2) is 5.16 Å². The molecule has 0 saturated heterocycles. The maximum absolute atomic E-state index is 13.9. The van der Waals surface area contributed by atoms with Crippen LogP contribution in [0.4, 0.5) is 17.6 Å². The molecule has 23 heavy (non-hydrogen) atoms. The van der Waals surface area contributed by atoms with Gasteiger partial charge in [0.25, 0.3) is 0 Å². The highest BCUT2D eigenvalue weighted by Crippen LogP contribution is 2.33. The molecule has 1 aromatic carbocycles. The summed E-state index contributed by atoms with van der Waals surface area (Å²) < 4.78 is 61.0. The predicted molar refractivity (Wildman–Crippen MR) is 76.2 cm³/mol. The molecule has 0 aliphatic rings. The van der Waals surface area contributed by atoms with Crippen molar-refractivity contribution >= 4 is 11.8 Å². The molecule has 0 bridgehead atoms. The van der Waals surface area contributed by atoms with E-state index in [1.807, 2.05) is 0 Å². The minimum atomic E-state index is -1.56. The minimum Gasteiger partial charge on any atom is -0.491 e. The number of nitrogens with one attached hydrogen (secondary N) is 1. The summed E-state index contributed by atoms with van der Waals surface area (Å²) in [5.74, 6) is -6.89. The molecule has 1 aromatic heterocycles. The number of ether oxygens (including phenoxy) is 1. The van der Waals surface area contributed by atoms with Gasteiger partial charge in [-0.05, 0) is 7.05 Å². The third kappa shape index (κ3) is 3.27. The van der Waals surface area contributed by atoms with E-state index >= 15 is 0 Å². The van der Waals surface area contributed by atoms with Gasteiger partial charge >= 0.3 is 0 Å². The molecule has 10 heteroatoms. The van der Waals surface area contributed by atoms with Gasteiger partial charge in [0.15, 0.2) is 22.5 Å². The highest BCUT2D eigenvalue weighted by atomic mass is 32.2. The molecule has 0 saturated carbocycles. The number of rotatable bonds is 6. The number of aromatic nitrogens is 3. The van der Waals surface area contributed by atoms with E-state index in [2.05, 4.69) is 20.3 Å². The summed E-state index contributed by atoms with van der Waals surface area (Å²) in [4.78, 5) is 0. The van der Waals surface area contributed by atoms with Crippen molar-refractivity contribution in [3.05, 3.63) is 34.7 Å². The Labute approximate surface area is 134 Å². The van der Waals surface area contributed by atoms with E-state index in [-0.39, 0.29) is 5.75 Å². The Morgan fingerprint density at radius 3 is 2.22 bits per heavy atom. The number of halogens is 4. The Hall–Kier alpha value is -1.81. The van der Waals surface area contributed by atoms with Crippen molar-refractivity contribution in [3.8, 4) is 5.75 Å². The lowest BCUT2D eigenvalue weighted by molar-refractivity contribution is 0.330. The zero-order valence-corrected chi connectivity index (χ0v) is 13.4. The summed E-state index contributed by atoms with van der Waals surface area (Å²) in [5.41, 5.74) is -0.719. The number of hydrogen-bond acceptors (Lipinski definition) is 5. The first kappa shape index (κ1) is 17.5. The molecule has 0 aliphatic heterocycles. The largest absolute Gasteiger partial charge is 0.491 e. The zero-order valence-electron chi connectivity index (χ0n) is 12.6. The van der Waals surface area contributed by atoms with Crippen molar-refractivity contribution in [1.29, 1.82) is 0 Å². The lowest BCUT2D eigenvalue weighted by atomic mass is 10.2. The molecule has 0 spiro atoms. The average Bonchev–Trinajstić information content (AvgIpc) is 2.87. The van der Waals surface area contributed by atoms with Gasteiger partial charge in [0.05, 0.1) is 13.7 Å². The lowest BCUT2D eigenvalue weighted by Gasteiger charge is -2.10. The Kier molecular flexibility index (Phi) is 5.47. The van der Waals surface area contributed by atoms with E-state index in [9.17, 15) is 17.6 Å². The normalized spacial score (nSPS) is 11.1. The molecule has 0 atom stereocenters. The second-order valence-corrected chi connectivity index (χ2v) is 5.49. The first-order valence-corrected chi connectivity index (χ1v) is 7.45. The molecule has 0 unspecified atom stereocenters. The number of thioether (sulfide) groups is 1. The second-order valence-electron chi connectivity index (χ2n) is 4.54. The van der Waals surface area contributed by atoms with Crippen molar-refractivity contribution in [1.82, 2.24) is 20.1 Å². The van der Waals surface area contributed by atoms with Crippen LogP contribution in [0.3, 0.4) is 0 Å². The minimum absolute atomic E-state index is 0.346. The lowest BCUT2D eigenvalue weighted by Crippen LogP contribution is -2.10. The molecule has 0 aliphatic carbocycles. The quantitative estimate of drug-likeness (QED) is 0.493. The van der Waals surface area contributed by atoms with Gasteiger partial charge in [-0.3, -0.25) is 0 Å². The van der Waals surface area contributed by atoms with Crippen LogP contribution in [0.5, 0.6) is 5.75 Å². The number of methoxy groups -OCH3 is 1. The maximum atomic E-state index is 13.9. The summed E-state index contributed by atoms with van der Waals surface area (Å²) in [5, 5.41) is 11.0. The smallest absolute Gasteiger partial charge is 0.204 e. The van der Waals surface area contributed by atoms with E-state index in [4.69, 9.17) is 0 Å². The fourth-order valence-electron chi connectivity index (χ4n) is 1.88. The van der Waals surface area contributed by atoms with Crippen molar-refractivity contribution in [3.63, 3.8) is 0 Å². The van der Waals surface area contributed by atoms with Gasteiger partial charge in [-0.1, -0.05) is 11.8 Å².